The van der Waals surface area contributed by atoms with Crippen molar-refractivity contribution in [2.24, 2.45) is 11.5 Å². The van der Waals surface area contributed by atoms with Gasteiger partial charge in [0.05, 0.1) is 6.04 Å². The van der Waals surface area contributed by atoms with Crippen LogP contribution in [0.4, 0.5) is 0 Å². The molecule has 0 saturated carbocycles. The molecule has 1 aromatic carbocycles. The number of nitrogens with one attached hydrogen (secondary N) is 3. The van der Waals surface area contributed by atoms with E-state index in [1.54, 1.807) is 6.20 Å². The summed E-state index contributed by atoms with van der Waals surface area (Å²) in [4.78, 5) is 65.6. The third-order valence-electron chi connectivity index (χ3n) is 6.32. The summed E-state index contributed by atoms with van der Waals surface area (Å²) < 4.78 is 0. The number of primary amides is 1. The lowest BCUT2D eigenvalue weighted by Crippen LogP contribution is -2.56. The highest BCUT2D eigenvalue weighted by Gasteiger charge is 2.38. The molecule has 2 aromatic rings. The van der Waals surface area contributed by atoms with Crippen LogP contribution in [0, 0.1) is 0 Å². The molecule has 194 valence electrons. The number of rotatable bonds is 11. The number of carbonyl (C=O) groups excluding carboxylic acids is 4. The number of amides is 4. The van der Waals surface area contributed by atoms with Crippen LogP contribution in [0.3, 0.4) is 0 Å². The number of carboxylic acids is 1. The number of hydrogen-bond acceptors (Lipinski definition) is 6. The minimum absolute atomic E-state index is 0.0455. The molecule has 0 spiro atoms. The SMILES string of the molecule is CC(NC(=O)C(N)CCC(N)=O)C(=O)N1CCCC1C(=O)NC(Cc1c[nH]c2ccccc12)C(=O)O. The normalized spacial score (nSPS) is 17.8. The molecular formula is C24H32N6O6. The maximum absolute atomic E-state index is 13.0. The fourth-order valence-corrected chi connectivity index (χ4v) is 4.35. The van der Waals surface area contributed by atoms with Crippen LogP contribution in [0.5, 0.6) is 0 Å². The maximum atomic E-state index is 13.0. The monoisotopic (exact) mass is 500 g/mol. The van der Waals surface area contributed by atoms with Crippen molar-refractivity contribution in [2.75, 3.05) is 6.54 Å². The number of hydrogen-bond donors (Lipinski definition) is 6. The summed E-state index contributed by atoms with van der Waals surface area (Å²) in [6, 6.07) is 3.44. The molecule has 36 heavy (non-hydrogen) atoms. The van der Waals surface area contributed by atoms with Gasteiger partial charge in [0.25, 0.3) is 0 Å². The first kappa shape index (κ1) is 26.7. The van der Waals surface area contributed by atoms with Crippen LogP contribution in [0.25, 0.3) is 10.9 Å². The molecular weight excluding hydrogens is 468 g/mol. The van der Waals surface area contributed by atoms with E-state index in [1.807, 2.05) is 24.3 Å². The second kappa shape index (κ2) is 11.7. The zero-order chi connectivity index (χ0) is 26.4. The first-order valence-electron chi connectivity index (χ1n) is 11.8. The Morgan fingerprint density at radius 2 is 1.92 bits per heavy atom. The Labute approximate surface area is 207 Å². The molecule has 4 atom stereocenters. The van der Waals surface area contributed by atoms with Crippen molar-refractivity contribution in [2.45, 2.75) is 63.2 Å². The number of nitrogens with two attached hydrogens (primary N) is 2. The van der Waals surface area contributed by atoms with Crippen LogP contribution in [0.15, 0.2) is 30.5 Å². The zero-order valence-corrected chi connectivity index (χ0v) is 20.0. The fraction of sp³-hybridized carbons (Fsp3) is 0.458. The number of carboxylic acid groups (broad SMARTS) is 1. The van der Waals surface area contributed by atoms with Gasteiger partial charge >= 0.3 is 5.97 Å². The topological polar surface area (TPSA) is 201 Å². The van der Waals surface area contributed by atoms with Crippen LogP contribution in [0.1, 0.15) is 38.2 Å². The number of aromatic nitrogens is 1. The number of aromatic amines is 1. The van der Waals surface area contributed by atoms with Crippen molar-refractivity contribution in [1.82, 2.24) is 20.5 Å². The molecule has 12 heteroatoms. The van der Waals surface area contributed by atoms with Gasteiger partial charge in [-0.1, -0.05) is 18.2 Å². The Kier molecular flexibility index (Phi) is 8.64. The summed E-state index contributed by atoms with van der Waals surface area (Å²) >= 11 is 0. The average Bonchev–Trinajstić information content (AvgIpc) is 3.49. The number of carbonyl (C=O) groups is 5. The minimum atomic E-state index is -1.19. The highest BCUT2D eigenvalue weighted by molar-refractivity contribution is 5.94. The van der Waals surface area contributed by atoms with Gasteiger partial charge in [0.15, 0.2) is 0 Å². The van der Waals surface area contributed by atoms with Crippen LogP contribution < -0.4 is 22.1 Å². The van der Waals surface area contributed by atoms with Gasteiger partial charge in [0, 0.05) is 36.5 Å². The van der Waals surface area contributed by atoms with E-state index in [-0.39, 0.29) is 19.3 Å². The van der Waals surface area contributed by atoms with E-state index >= 15 is 0 Å². The number of benzene rings is 1. The van der Waals surface area contributed by atoms with Crippen LogP contribution in [-0.2, 0) is 30.4 Å². The predicted octanol–water partition coefficient (Wildman–Crippen LogP) is -0.632. The van der Waals surface area contributed by atoms with Gasteiger partial charge in [-0.05, 0) is 37.8 Å². The highest BCUT2D eigenvalue weighted by Crippen LogP contribution is 2.21. The summed E-state index contributed by atoms with van der Waals surface area (Å²) in [5.74, 6) is -3.42. The Balaban J connectivity index is 1.62. The lowest BCUT2D eigenvalue weighted by Gasteiger charge is -2.28. The number of aliphatic carboxylic acids is 1. The van der Waals surface area contributed by atoms with Crippen LogP contribution in [0.2, 0.25) is 0 Å². The number of para-hydroxylation sites is 1. The van der Waals surface area contributed by atoms with Gasteiger partial charge in [0.1, 0.15) is 18.1 Å². The van der Waals surface area contributed by atoms with Crippen molar-refractivity contribution in [3.8, 4) is 0 Å². The first-order chi connectivity index (χ1) is 17.1. The van der Waals surface area contributed by atoms with Crippen LogP contribution in [-0.4, -0.2) is 75.3 Å². The lowest BCUT2D eigenvalue weighted by atomic mass is 10.0. The van der Waals surface area contributed by atoms with Gasteiger partial charge in [0.2, 0.25) is 23.6 Å². The van der Waals surface area contributed by atoms with Crippen molar-refractivity contribution in [3.63, 3.8) is 0 Å². The van der Waals surface area contributed by atoms with Crippen molar-refractivity contribution in [1.29, 1.82) is 0 Å². The summed E-state index contributed by atoms with van der Waals surface area (Å²) in [6.45, 7) is 1.77. The largest absolute Gasteiger partial charge is 0.480 e. The third-order valence-corrected chi connectivity index (χ3v) is 6.32. The Hall–Kier alpha value is -3.93. The Morgan fingerprint density at radius 1 is 1.19 bits per heavy atom. The van der Waals surface area contributed by atoms with Gasteiger partial charge in [-0.2, -0.15) is 0 Å². The van der Waals surface area contributed by atoms with Crippen LogP contribution >= 0.6 is 0 Å². The van der Waals surface area contributed by atoms with E-state index in [0.717, 1.165) is 16.5 Å². The molecule has 1 fully saturated rings. The highest BCUT2D eigenvalue weighted by atomic mass is 16.4. The summed E-state index contributed by atoms with van der Waals surface area (Å²) in [5.41, 5.74) is 12.4. The first-order valence-corrected chi connectivity index (χ1v) is 11.8. The minimum Gasteiger partial charge on any atom is -0.480 e. The molecule has 3 rings (SSSR count). The van der Waals surface area contributed by atoms with E-state index in [9.17, 15) is 29.1 Å². The third kappa shape index (κ3) is 6.39. The fourth-order valence-electron chi connectivity index (χ4n) is 4.35. The van der Waals surface area contributed by atoms with Gasteiger partial charge < -0.3 is 37.1 Å². The van der Waals surface area contributed by atoms with Gasteiger partial charge in [-0.3, -0.25) is 19.2 Å². The van der Waals surface area contributed by atoms with Crippen molar-refractivity contribution in [3.05, 3.63) is 36.0 Å². The number of likely N-dealkylation sites (tertiary alicyclic amines) is 1. The Morgan fingerprint density at radius 3 is 2.61 bits per heavy atom. The average molecular weight is 501 g/mol. The predicted molar refractivity (Wildman–Crippen MR) is 130 cm³/mol. The van der Waals surface area contributed by atoms with E-state index in [0.29, 0.717) is 19.4 Å². The zero-order valence-electron chi connectivity index (χ0n) is 20.0. The standard InChI is InChI=1S/C24H32N6O6/c1-13(28-21(32)16(25)8-9-20(26)31)23(34)30-10-4-7-19(30)22(33)29-18(24(35)36)11-14-12-27-17-6-3-2-5-15(14)17/h2-3,5-6,12-13,16,18-19,27H,4,7-11,25H2,1H3,(H2,26,31)(H,28,32)(H,29,33)(H,35,36). The molecule has 1 aromatic heterocycles. The number of fused-ring (bicyclic) bond motifs is 1. The molecule has 8 N–H and O–H groups in total. The number of H-pyrrole nitrogens is 1. The molecule has 4 unspecified atom stereocenters. The summed E-state index contributed by atoms with van der Waals surface area (Å²) in [7, 11) is 0. The van der Waals surface area contributed by atoms with E-state index in [2.05, 4.69) is 15.6 Å². The maximum Gasteiger partial charge on any atom is 0.326 e. The second-order valence-electron chi connectivity index (χ2n) is 8.99. The molecule has 0 radical (unpaired) electrons. The molecule has 1 aliphatic heterocycles. The molecule has 1 aliphatic rings. The smallest absolute Gasteiger partial charge is 0.326 e. The lowest BCUT2D eigenvalue weighted by molar-refractivity contribution is -0.144. The Bertz CT molecular complexity index is 1150. The van der Waals surface area contributed by atoms with Gasteiger partial charge in [-0.25, -0.2) is 4.79 Å². The molecule has 2 heterocycles. The van der Waals surface area contributed by atoms with E-state index in [4.69, 9.17) is 11.5 Å². The molecule has 0 bridgehead atoms. The molecule has 1 saturated heterocycles. The molecule has 12 nitrogen and oxygen atoms in total. The molecule has 4 amide bonds. The molecule has 0 aliphatic carbocycles. The van der Waals surface area contributed by atoms with Crippen molar-refractivity contribution < 1.29 is 29.1 Å². The number of nitrogens with zero attached hydrogens (tertiary/aromatic N) is 1. The van der Waals surface area contributed by atoms with Crippen molar-refractivity contribution >= 4 is 40.5 Å². The van der Waals surface area contributed by atoms with Gasteiger partial charge in [-0.15, -0.1) is 0 Å². The van der Waals surface area contributed by atoms with E-state index in [1.165, 1.54) is 11.8 Å². The quantitative estimate of drug-likeness (QED) is 0.236. The summed E-state index contributed by atoms with van der Waals surface area (Å²) in [5, 5.41) is 15.7. The second-order valence-corrected chi connectivity index (χ2v) is 8.99. The van der Waals surface area contributed by atoms with E-state index < -0.39 is 53.8 Å². The summed E-state index contributed by atoms with van der Waals surface area (Å²) in [6.07, 6.45) is 2.70.